The van der Waals surface area contributed by atoms with Crippen LogP contribution in [0.2, 0.25) is 0 Å². The largest absolute Gasteiger partial charge is 0.481 e. The number of aliphatic carboxylic acids is 1. The number of anilines is 2. The summed E-state index contributed by atoms with van der Waals surface area (Å²) >= 11 is 0. The van der Waals surface area contributed by atoms with Gasteiger partial charge in [-0.05, 0) is 20.8 Å². The van der Waals surface area contributed by atoms with Gasteiger partial charge in [0.05, 0.1) is 5.92 Å². The summed E-state index contributed by atoms with van der Waals surface area (Å²) in [5, 5.41) is 15.0. The lowest BCUT2D eigenvalue weighted by atomic mass is 10.1. The second-order valence-electron chi connectivity index (χ2n) is 5.28. The Bertz CT molecular complexity index is 415. The number of nitrogens with zero attached hydrogens (tertiary/aromatic N) is 2. The van der Waals surface area contributed by atoms with E-state index in [-0.39, 0.29) is 5.54 Å². The van der Waals surface area contributed by atoms with Gasteiger partial charge in [0.2, 0.25) is 0 Å². The van der Waals surface area contributed by atoms with E-state index < -0.39 is 11.9 Å². The van der Waals surface area contributed by atoms with E-state index in [1.807, 2.05) is 20.8 Å². The first kappa shape index (κ1) is 14.2. The molecule has 0 amide bonds. The molecule has 0 aliphatic heterocycles. The minimum Gasteiger partial charge on any atom is -0.481 e. The van der Waals surface area contributed by atoms with E-state index >= 15 is 0 Å². The van der Waals surface area contributed by atoms with Crippen molar-refractivity contribution in [3.05, 3.63) is 12.4 Å². The molecular formula is C12H20N4O2. The molecule has 0 aromatic carbocycles. The lowest BCUT2D eigenvalue weighted by molar-refractivity contribution is -0.140. The molecule has 3 N–H and O–H groups in total. The summed E-state index contributed by atoms with van der Waals surface area (Å²) in [5.74, 6) is 0.0383. The van der Waals surface area contributed by atoms with E-state index in [0.717, 1.165) is 0 Å². The number of rotatable bonds is 5. The molecule has 1 aromatic rings. The molecule has 0 saturated carbocycles. The molecule has 1 heterocycles. The topological polar surface area (TPSA) is 87.1 Å². The summed E-state index contributed by atoms with van der Waals surface area (Å²) in [6, 6.07) is 1.76. The fourth-order valence-electron chi connectivity index (χ4n) is 1.25. The molecule has 1 rings (SSSR count). The summed E-state index contributed by atoms with van der Waals surface area (Å²) in [6.07, 6.45) is 1.45. The standard InChI is InChI=1S/C12H20N4O2/c1-8(11(17)18)6-13-9-5-10(15-7-14-9)16-12(2,3)4/h5,7-8H,6H2,1-4H3,(H,17,18)(H2,13,14,15,16). The van der Waals surface area contributed by atoms with Gasteiger partial charge in [0.15, 0.2) is 0 Å². The molecule has 0 saturated heterocycles. The van der Waals surface area contributed by atoms with E-state index in [1.165, 1.54) is 6.33 Å². The number of hydrogen-bond acceptors (Lipinski definition) is 5. The second-order valence-corrected chi connectivity index (χ2v) is 5.28. The maximum Gasteiger partial charge on any atom is 0.308 e. The molecule has 1 aromatic heterocycles. The fourth-order valence-corrected chi connectivity index (χ4v) is 1.25. The van der Waals surface area contributed by atoms with Crippen molar-refractivity contribution in [1.29, 1.82) is 0 Å². The molecule has 18 heavy (non-hydrogen) atoms. The molecule has 6 heteroatoms. The predicted molar refractivity (Wildman–Crippen MR) is 70.7 cm³/mol. The van der Waals surface area contributed by atoms with E-state index in [1.54, 1.807) is 13.0 Å². The van der Waals surface area contributed by atoms with E-state index in [2.05, 4.69) is 20.6 Å². The van der Waals surface area contributed by atoms with Crippen molar-refractivity contribution < 1.29 is 9.90 Å². The number of nitrogens with one attached hydrogen (secondary N) is 2. The average Bonchev–Trinajstić information content (AvgIpc) is 2.23. The SMILES string of the molecule is CC(CNc1cc(NC(C)(C)C)ncn1)C(=O)O. The fraction of sp³-hybridized carbons (Fsp3) is 0.583. The van der Waals surface area contributed by atoms with Crippen LogP contribution < -0.4 is 10.6 Å². The average molecular weight is 252 g/mol. The highest BCUT2D eigenvalue weighted by Gasteiger charge is 2.12. The van der Waals surface area contributed by atoms with Crippen molar-refractivity contribution >= 4 is 17.6 Å². The van der Waals surface area contributed by atoms with Gasteiger partial charge in [0.1, 0.15) is 18.0 Å². The van der Waals surface area contributed by atoms with Crippen LogP contribution in [-0.2, 0) is 4.79 Å². The molecular weight excluding hydrogens is 232 g/mol. The van der Waals surface area contributed by atoms with Crippen LogP contribution in [0, 0.1) is 5.92 Å². The van der Waals surface area contributed by atoms with Crippen LogP contribution in [0.4, 0.5) is 11.6 Å². The molecule has 0 fully saturated rings. The van der Waals surface area contributed by atoms with Crippen molar-refractivity contribution in [3.8, 4) is 0 Å². The molecule has 0 aliphatic rings. The summed E-state index contributed by atoms with van der Waals surface area (Å²) in [5.41, 5.74) is -0.0834. The van der Waals surface area contributed by atoms with Crippen LogP contribution >= 0.6 is 0 Å². The van der Waals surface area contributed by atoms with E-state index in [0.29, 0.717) is 18.2 Å². The van der Waals surface area contributed by atoms with Gasteiger partial charge in [-0.25, -0.2) is 9.97 Å². The van der Waals surface area contributed by atoms with Gasteiger partial charge in [-0.2, -0.15) is 0 Å². The quantitative estimate of drug-likeness (QED) is 0.741. The Labute approximate surface area is 107 Å². The van der Waals surface area contributed by atoms with Gasteiger partial charge < -0.3 is 15.7 Å². The van der Waals surface area contributed by atoms with Gasteiger partial charge in [-0.15, -0.1) is 0 Å². The van der Waals surface area contributed by atoms with Crippen molar-refractivity contribution in [1.82, 2.24) is 9.97 Å². The van der Waals surface area contributed by atoms with Crippen LogP contribution in [0.25, 0.3) is 0 Å². The predicted octanol–water partition coefficient (Wildman–Crippen LogP) is 1.82. The number of hydrogen-bond donors (Lipinski definition) is 3. The first-order valence-corrected chi connectivity index (χ1v) is 5.85. The van der Waals surface area contributed by atoms with Crippen molar-refractivity contribution in [2.24, 2.45) is 5.92 Å². The zero-order valence-corrected chi connectivity index (χ0v) is 11.2. The lowest BCUT2D eigenvalue weighted by Gasteiger charge is -2.21. The Morgan fingerprint density at radius 3 is 2.56 bits per heavy atom. The summed E-state index contributed by atoms with van der Waals surface area (Å²) in [6.45, 7) is 8.09. The Kier molecular flexibility index (Phi) is 4.47. The van der Waals surface area contributed by atoms with Gasteiger partial charge in [0, 0.05) is 18.2 Å². The van der Waals surface area contributed by atoms with Crippen molar-refractivity contribution in [3.63, 3.8) is 0 Å². The highest BCUT2D eigenvalue weighted by molar-refractivity contribution is 5.70. The first-order chi connectivity index (χ1) is 8.28. The minimum atomic E-state index is -0.829. The third-order valence-corrected chi connectivity index (χ3v) is 2.18. The normalized spacial score (nSPS) is 12.9. The van der Waals surface area contributed by atoms with Crippen molar-refractivity contribution in [2.45, 2.75) is 33.2 Å². The number of aromatic nitrogens is 2. The molecule has 100 valence electrons. The van der Waals surface area contributed by atoms with Crippen LogP contribution in [0.1, 0.15) is 27.7 Å². The van der Waals surface area contributed by atoms with Gasteiger partial charge in [-0.3, -0.25) is 4.79 Å². The Morgan fingerprint density at radius 1 is 1.39 bits per heavy atom. The van der Waals surface area contributed by atoms with Crippen LogP contribution in [0.3, 0.4) is 0 Å². The van der Waals surface area contributed by atoms with Crippen LogP contribution in [0.5, 0.6) is 0 Å². The number of carbonyl (C=O) groups is 1. The molecule has 0 aliphatic carbocycles. The summed E-state index contributed by atoms with van der Waals surface area (Å²) in [7, 11) is 0. The monoisotopic (exact) mass is 252 g/mol. The minimum absolute atomic E-state index is 0.0834. The Morgan fingerprint density at radius 2 is 2.00 bits per heavy atom. The maximum absolute atomic E-state index is 10.7. The second kappa shape index (κ2) is 5.66. The smallest absolute Gasteiger partial charge is 0.308 e. The third kappa shape index (κ3) is 4.99. The van der Waals surface area contributed by atoms with Crippen LogP contribution in [-0.4, -0.2) is 33.1 Å². The highest BCUT2D eigenvalue weighted by atomic mass is 16.4. The van der Waals surface area contributed by atoms with Gasteiger partial charge in [-0.1, -0.05) is 6.92 Å². The van der Waals surface area contributed by atoms with E-state index in [9.17, 15) is 4.79 Å². The summed E-state index contributed by atoms with van der Waals surface area (Å²) < 4.78 is 0. The Hall–Kier alpha value is -1.85. The van der Waals surface area contributed by atoms with Gasteiger partial charge in [0.25, 0.3) is 0 Å². The number of carboxylic acids is 1. The zero-order valence-electron chi connectivity index (χ0n) is 11.2. The molecule has 0 bridgehead atoms. The molecule has 0 spiro atoms. The number of carboxylic acid groups (broad SMARTS) is 1. The lowest BCUT2D eigenvalue weighted by Crippen LogP contribution is -2.27. The molecule has 6 nitrogen and oxygen atoms in total. The molecule has 1 unspecified atom stereocenters. The highest BCUT2D eigenvalue weighted by Crippen LogP contribution is 2.14. The summed E-state index contributed by atoms with van der Waals surface area (Å²) in [4.78, 5) is 18.8. The third-order valence-electron chi connectivity index (χ3n) is 2.18. The zero-order chi connectivity index (χ0) is 13.8. The van der Waals surface area contributed by atoms with Crippen molar-refractivity contribution in [2.75, 3.05) is 17.2 Å². The maximum atomic E-state index is 10.7. The molecule has 1 atom stereocenters. The molecule has 0 radical (unpaired) electrons. The van der Waals surface area contributed by atoms with E-state index in [4.69, 9.17) is 5.11 Å². The Balaban J connectivity index is 2.62. The van der Waals surface area contributed by atoms with Crippen LogP contribution in [0.15, 0.2) is 12.4 Å². The first-order valence-electron chi connectivity index (χ1n) is 5.85. The van der Waals surface area contributed by atoms with Gasteiger partial charge >= 0.3 is 5.97 Å².